The van der Waals surface area contributed by atoms with Crippen LogP contribution in [0.25, 0.3) is 0 Å². The molecule has 0 aromatic heterocycles. The van der Waals surface area contributed by atoms with Crippen molar-refractivity contribution >= 4 is 0 Å². The number of hydrogen-bond acceptors (Lipinski definition) is 2. The summed E-state index contributed by atoms with van der Waals surface area (Å²) in [5.41, 5.74) is 1.49. The first-order chi connectivity index (χ1) is 9.85. The van der Waals surface area contributed by atoms with Crippen molar-refractivity contribution in [3.05, 3.63) is 35.9 Å². The number of hydrogen-bond donors (Lipinski definition) is 2. The molecule has 0 aliphatic heterocycles. The maximum Gasteiger partial charge on any atom is 0.0434 e. The first kappa shape index (κ1) is 15.5. The molecule has 0 heterocycles. The Kier molecular flexibility index (Phi) is 6.55. The molecule has 112 valence electrons. The number of rotatable bonds is 7. The Morgan fingerprint density at radius 2 is 1.95 bits per heavy atom. The van der Waals surface area contributed by atoms with Crippen LogP contribution in [-0.4, -0.2) is 24.3 Å². The van der Waals surface area contributed by atoms with Gasteiger partial charge in [-0.2, -0.15) is 0 Å². The zero-order chi connectivity index (χ0) is 14.2. The molecule has 1 aromatic carbocycles. The smallest absolute Gasteiger partial charge is 0.0434 e. The Balaban J connectivity index is 1.93. The van der Waals surface area contributed by atoms with Gasteiger partial charge in [-0.05, 0) is 43.2 Å². The van der Waals surface area contributed by atoms with Gasteiger partial charge in [0.05, 0.1) is 0 Å². The molecule has 3 unspecified atom stereocenters. The maximum absolute atomic E-state index is 9.11. The van der Waals surface area contributed by atoms with Gasteiger partial charge in [-0.15, -0.1) is 0 Å². The zero-order valence-electron chi connectivity index (χ0n) is 12.7. The molecule has 2 N–H and O–H groups in total. The van der Waals surface area contributed by atoms with Crippen LogP contribution < -0.4 is 5.32 Å². The van der Waals surface area contributed by atoms with Gasteiger partial charge in [-0.25, -0.2) is 0 Å². The molecule has 0 radical (unpaired) electrons. The molecule has 1 saturated carbocycles. The van der Waals surface area contributed by atoms with E-state index in [0.29, 0.717) is 24.5 Å². The molecule has 2 rings (SSSR count). The third-order valence-corrected chi connectivity index (χ3v) is 4.78. The number of benzene rings is 1. The zero-order valence-corrected chi connectivity index (χ0v) is 12.7. The highest BCUT2D eigenvalue weighted by molar-refractivity contribution is 5.22. The second-order valence-electron chi connectivity index (χ2n) is 6.10. The molecule has 1 aromatic rings. The number of nitrogens with one attached hydrogen (secondary N) is 1. The minimum atomic E-state index is 0.312. The van der Waals surface area contributed by atoms with Gasteiger partial charge in [-0.1, -0.05) is 56.5 Å². The van der Waals surface area contributed by atoms with Crippen molar-refractivity contribution in [3.8, 4) is 0 Å². The minimum absolute atomic E-state index is 0.312. The topological polar surface area (TPSA) is 32.3 Å². The van der Waals surface area contributed by atoms with Crippen molar-refractivity contribution < 1.29 is 5.11 Å². The molecule has 20 heavy (non-hydrogen) atoms. The molecule has 3 atom stereocenters. The number of aliphatic hydroxyl groups excluding tert-OH is 1. The van der Waals surface area contributed by atoms with Gasteiger partial charge >= 0.3 is 0 Å². The van der Waals surface area contributed by atoms with Crippen LogP contribution in [0.1, 0.15) is 56.9 Å². The van der Waals surface area contributed by atoms with E-state index in [1.165, 1.54) is 31.2 Å². The van der Waals surface area contributed by atoms with Crippen LogP contribution in [0.4, 0.5) is 0 Å². The summed E-state index contributed by atoms with van der Waals surface area (Å²) in [7, 11) is 0. The van der Waals surface area contributed by atoms with E-state index in [1.54, 1.807) is 0 Å². The lowest BCUT2D eigenvalue weighted by Crippen LogP contribution is -2.39. The predicted molar refractivity (Wildman–Crippen MR) is 84.9 cm³/mol. The molecule has 2 heteroatoms. The molecule has 2 nitrogen and oxygen atoms in total. The third kappa shape index (κ3) is 4.32. The largest absolute Gasteiger partial charge is 0.396 e. The van der Waals surface area contributed by atoms with Gasteiger partial charge in [0.1, 0.15) is 0 Å². The summed E-state index contributed by atoms with van der Waals surface area (Å²) < 4.78 is 0. The lowest BCUT2D eigenvalue weighted by molar-refractivity contribution is 0.240. The van der Waals surface area contributed by atoms with Gasteiger partial charge in [0.15, 0.2) is 0 Å². The highest BCUT2D eigenvalue weighted by atomic mass is 16.3. The maximum atomic E-state index is 9.11. The fourth-order valence-electron chi connectivity index (χ4n) is 3.43. The van der Waals surface area contributed by atoms with E-state index in [0.717, 1.165) is 19.4 Å². The SMILES string of the molecule is CCC(CCO)CNC1CCCCC1c1ccccc1. The van der Waals surface area contributed by atoms with Crippen LogP contribution >= 0.6 is 0 Å². The van der Waals surface area contributed by atoms with E-state index < -0.39 is 0 Å². The Morgan fingerprint density at radius 1 is 1.20 bits per heavy atom. The van der Waals surface area contributed by atoms with Crippen molar-refractivity contribution in [1.29, 1.82) is 0 Å². The monoisotopic (exact) mass is 275 g/mol. The Morgan fingerprint density at radius 3 is 2.65 bits per heavy atom. The lowest BCUT2D eigenvalue weighted by Gasteiger charge is -2.34. The molecule has 1 aliphatic rings. The van der Waals surface area contributed by atoms with E-state index in [4.69, 9.17) is 5.11 Å². The van der Waals surface area contributed by atoms with Gasteiger partial charge in [0.2, 0.25) is 0 Å². The Bertz CT molecular complexity index is 365. The molecular formula is C18H29NO. The fraction of sp³-hybridized carbons (Fsp3) is 0.667. The Labute approximate surface area is 123 Å². The van der Waals surface area contributed by atoms with Crippen LogP contribution in [0.5, 0.6) is 0 Å². The van der Waals surface area contributed by atoms with Crippen molar-refractivity contribution in [2.45, 2.75) is 57.4 Å². The molecule has 0 bridgehead atoms. The predicted octanol–water partition coefficient (Wildman–Crippen LogP) is 3.71. The molecule has 0 amide bonds. The third-order valence-electron chi connectivity index (χ3n) is 4.78. The average Bonchev–Trinajstić information content (AvgIpc) is 2.52. The van der Waals surface area contributed by atoms with E-state index >= 15 is 0 Å². The first-order valence-electron chi connectivity index (χ1n) is 8.24. The summed E-state index contributed by atoms with van der Waals surface area (Å²) in [6.07, 6.45) is 7.36. The first-order valence-corrected chi connectivity index (χ1v) is 8.24. The normalized spacial score (nSPS) is 24.5. The van der Waals surface area contributed by atoms with Gasteiger partial charge in [0.25, 0.3) is 0 Å². The standard InChI is InChI=1S/C18H29NO/c1-2-15(12-13-20)14-19-18-11-7-6-10-17(18)16-8-4-3-5-9-16/h3-5,8-9,15,17-20H,2,6-7,10-14H2,1H3. The summed E-state index contributed by atoms with van der Waals surface area (Å²) in [5.74, 6) is 1.27. The molecule has 0 saturated heterocycles. The molecule has 0 spiro atoms. The van der Waals surface area contributed by atoms with E-state index in [9.17, 15) is 0 Å². The summed E-state index contributed by atoms with van der Waals surface area (Å²) in [6, 6.07) is 11.6. The number of aliphatic hydroxyl groups is 1. The lowest BCUT2D eigenvalue weighted by atomic mass is 9.80. The van der Waals surface area contributed by atoms with Gasteiger partial charge < -0.3 is 10.4 Å². The van der Waals surface area contributed by atoms with E-state index in [1.807, 2.05) is 0 Å². The summed E-state index contributed by atoms with van der Waals surface area (Å²) in [6.45, 7) is 3.58. The summed E-state index contributed by atoms with van der Waals surface area (Å²) in [5, 5.41) is 12.9. The van der Waals surface area contributed by atoms with Crippen LogP contribution in [0.15, 0.2) is 30.3 Å². The molecule has 1 aliphatic carbocycles. The van der Waals surface area contributed by atoms with Gasteiger partial charge in [-0.3, -0.25) is 0 Å². The summed E-state index contributed by atoms with van der Waals surface area (Å²) >= 11 is 0. The molecular weight excluding hydrogens is 246 g/mol. The van der Waals surface area contributed by atoms with Gasteiger partial charge in [0, 0.05) is 12.6 Å². The van der Waals surface area contributed by atoms with Crippen molar-refractivity contribution in [1.82, 2.24) is 5.32 Å². The van der Waals surface area contributed by atoms with E-state index in [2.05, 4.69) is 42.6 Å². The van der Waals surface area contributed by atoms with Crippen LogP contribution in [-0.2, 0) is 0 Å². The van der Waals surface area contributed by atoms with Crippen molar-refractivity contribution in [2.24, 2.45) is 5.92 Å². The second kappa shape index (κ2) is 8.43. The van der Waals surface area contributed by atoms with E-state index in [-0.39, 0.29) is 0 Å². The molecule has 1 fully saturated rings. The second-order valence-corrected chi connectivity index (χ2v) is 6.10. The highest BCUT2D eigenvalue weighted by Crippen LogP contribution is 2.33. The van der Waals surface area contributed by atoms with Crippen LogP contribution in [0.3, 0.4) is 0 Å². The van der Waals surface area contributed by atoms with Crippen LogP contribution in [0.2, 0.25) is 0 Å². The quantitative estimate of drug-likeness (QED) is 0.795. The van der Waals surface area contributed by atoms with Crippen molar-refractivity contribution in [3.63, 3.8) is 0 Å². The van der Waals surface area contributed by atoms with Crippen molar-refractivity contribution in [2.75, 3.05) is 13.2 Å². The Hall–Kier alpha value is -0.860. The highest BCUT2D eigenvalue weighted by Gasteiger charge is 2.26. The fourth-order valence-corrected chi connectivity index (χ4v) is 3.43. The summed E-state index contributed by atoms with van der Waals surface area (Å²) in [4.78, 5) is 0. The average molecular weight is 275 g/mol. The van der Waals surface area contributed by atoms with Crippen LogP contribution in [0, 0.1) is 5.92 Å². The minimum Gasteiger partial charge on any atom is -0.396 e.